The molecule has 0 saturated carbocycles. The monoisotopic (exact) mass is 397 g/mol. The van der Waals surface area contributed by atoms with Crippen molar-refractivity contribution in [3.05, 3.63) is 58.6 Å². The number of ether oxygens (including phenoxy) is 3. The highest BCUT2D eigenvalue weighted by molar-refractivity contribution is 6.32. The molecule has 4 nitrogen and oxygen atoms in total. The van der Waals surface area contributed by atoms with Gasteiger partial charge in [-0.3, -0.25) is 0 Å². The molecule has 0 aliphatic carbocycles. The van der Waals surface area contributed by atoms with Crippen molar-refractivity contribution in [2.24, 2.45) is 0 Å². The predicted molar refractivity (Wildman–Crippen MR) is 107 cm³/mol. The molecule has 0 bridgehead atoms. The Bertz CT molecular complexity index is 676. The molecule has 1 unspecified atom stereocenters. The molecule has 0 radical (unpaired) electrons. The Kier molecular flexibility index (Phi) is 8.52. The van der Waals surface area contributed by atoms with Gasteiger partial charge in [-0.2, -0.15) is 0 Å². The second-order valence-electron chi connectivity index (χ2n) is 6.15. The van der Waals surface area contributed by atoms with Crippen LogP contribution in [0.4, 0.5) is 0 Å². The van der Waals surface area contributed by atoms with E-state index in [1.165, 1.54) is 0 Å². The van der Waals surface area contributed by atoms with Crippen LogP contribution in [0, 0.1) is 0 Å². The number of hydrogen-bond acceptors (Lipinski definition) is 4. The van der Waals surface area contributed by atoms with Crippen molar-refractivity contribution in [2.45, 2.75) is 32.1 Å². The fourth-order valence-electron chi connectivity index (χ4n) is 2.93. The molecule has 0 amide bonds. The molecule has 2 aromatic rings. The van der Waals surface area contributed by atoms with E-state index >= 15 is 0 Å². The first-order valence-corrected chi connectivity index (χ1v) is 8.99. The van der Waals surface area contributed by atoms with Gasteiger partial charge in [0.1, 0.15) is 6.61 Å². The van der Waals surface area contributed by atoms with E-state index < -0.39 is 0 Å². The summed E-state index contributed by atoms with van der Waals surface area (Å²) in [7, 11) is 1.63. The van der Waals surface area contributed by atoms with Gasteiger partial charge < -0.3 is 19.5 Å². The normalized spacial score (nSPS) is 16.2. The van der Waals surface area contributed by atoms with Crippen molar-refractivity contribution in [2.75, 3.05) is 20.3 Å². The maximum atomic E-state index is 6.43. The lowest BCUT2D eigenvalue weighted by Gasteiger charge is -2.15. The van der Waals surface area contributed by atoms with Crippen LogP contribution in [-0.4, -0.2) is 26.4 Å². The van der Waals surface area contributed by atoms with E-state index in [0.717, 1.165) is 43.7 Å². The average molecular weight is 398 g/mol. The first kappa shape index (κ1) is 20.8. The topological polar surface area (TPSA) is 39.7 Å². The summed E-state index contributed by atoms with van der Waals surface area (Å²) in [6.07, 6.45) is 2.61. The highest BCUT2D eigenvalue weighted by Gasteiger charge is 2.16. The van der Waals surface area contributed by atoms with Crippen LogP contribution in [0.5, 0.6) is 11.5 Å². The van der Waals surface area contributed by atoms with Crippen molar-refractivity contribution in [1.82, 2.24) is 5.32 Å². The number of halogens is 2. The molecule has 3 rings (SSSR count). The van der Waals surface area contributed by atoms with Crippen LogP contribution in [0.25, 0.3) is 0 Å². The minimum atomic E-state index is 0. The maximum absolute atomic E-state index is 6.43. The number of nitrogens with one attached hydrogen (secondary N) is 1. The summed E-state index contributed by atoms with van der Waals surface area (Å²) in [6, 6.07) is 13.9. The first-order chi connectivity index (χ1) is 12.3. The van der Waals surface area contributed by atoms with Crippen LogP contribution >= 0.6 is 24.0 Å². The van der Waals surface area contributed by atoms with Gasteiger partial charge in [-0.25, -0.2) is 0 Å². The Morgan fingerprint density at radius 3 is 2.69 bits per heavy atom. The molecule has 6 heteroatoms. The lowest BCUT2D eigenvalue weighted by molar-refractivity contribution is 0.110. The summed E-state index contributed by atoms with van der Waals surface area (Å²) in [4.78, 5) is 0. The van der Waals surface area contributed by atoms with Gasteiger partial charge in [0.05, 0.1) is 18.2 Å². The molecular formula is C20H25Cl2NO3. The molecule has 1 aliphatic heterocycles. The SMILES string of the molecule is COc1cc(CNCC2CCCO2)cc(Cl)c1OCc1ccccc1.Cl. The molecule has 1 heterocycles. The zero-order chi connectivity index (χ0) is 17.5. The molecule has 1 N–H and O–H groups in total. The largest absolute Gasteiger partial charge is 0.493 e. The van der Waals surface area contributed by atoms with Crippen LogP contribution in [0.3, 0.4) is 0 Å². The number of rotatable bonds is 8. The van der Waals surface area contributed by atoms with Crippen LogP contribution in [0.1, 0.15) is 24.0 Å². The second-order valence-corrected chi connectivity index (χ2v) is 6.56. The van der Waals surface area contributed by atoms with Crippen LogP contribution < -0.4 is 14.8 Å². The quantitative estimate of drug-likeness (QED) is 0.705. The highest BCUT2D eigenvalue weighted by Crippen LogP contribution is 2.37. The Labute approximate surface area is 166 Å². The van der Waals surface area contributed by atoms with Gasteiger partial charge in [0.2, 0.25) is 0 Å². The third-order valence-electron chi connectivity index (χ3n) is 4.24. The van der Waals surface area contributed by atoms with Crippen LogP contribution in [0.2, 0.25) is 5.02 Å². The molecule has 1 saturated heterocycles. The number of hydrogen-bond donors (Lipinski definition) is 1. The van der Waals surface area contributed by atoms with Gasteiger partial charge in [0.25, 0.3) is 0 Å². The molecule has 0 aromatic heterocycles. The van der Waals surface area contributed by atoms with E-state index in [1.807, 2.05) is 42.5 Å². The highest BCUT2D eigenvalue weighted by atomic mass is 35.5. The lowest BCUT2D eigenvalue weighted by atomic mass is 10.2. The van der Waals surface area contributed by atoms with Gasteiger partial charge in [-0.1, -0.05) is 41.9 Å². The van der Waals surface area contributed by atoms with E-state index in [9.17, 15) is 0 Å². The minimum Gasteiger partial charge on any atom is -0.493 e. The fraction of sp³-hybridized carbons (Fsp3) is 0.400. The van der Waals surface area contributed by atoms with Crippen molar-refractivity contribution < 1.29 is 14.2 Å². The van der Waals surface area contributed by atoms with Crippen molar-refractivity contribution in [1.29, 1.82) is 0 Å². The fourth-order valence-corrected chi connectivity index (χ4v) is 3.22. The van der Waals surface area contributed by atoms with Gasteiger partial charge >= 0.3 is 0 Å². The van der Waals surface area contributed by atoms with Gasteiger partial charge in [-0.15, -0.1) is 12.4 Å². The van der Waals surface area contributed by atoms with Gasteiger partial charge in [0.15, 0.2) is 11.5 Å². The Morgan fingerprint density at radius 1 is 1.19 bits per heavy atom. The summed E-state index contributed by atoms with van der Waals surface area (Å²) in [5.74, 6) is 1.23. The minimum absolute atomic E-state index is 0. The van der Waals surface area contributed by atoms with Crippen molar-refractivity contribution in [3.63, 3.8) is 0 Å². The summed E-state index contributed by atoms with van der Waals surface area (Å²) in [5.41, 5.74) is 2.15. The molecule has 2 aromatic carbocycles. The first-order valence-electron chi connectivity index (χ1n) is 8.61. The molecule has 1 atom stereocenters. The van der Waals surface area contributed by atoms with Gasteiger partial charge in [0, 0.05) is 19.7 Å². The summed E-state index contributed by atoms with van der Waals surface area (Å²) >= 11 is 6.43. The molecule has 26 heavy (non-hydrogen) atoms. The average Bonchev–Trinajstić information content (AvgIpc) is 3.15. The zero-order valence-corrected chi connectivity index (χ0v) is 16.4. The smallest absolute Gasteiger partial charge is 0.180 e. The molecular weight excluding hydrogens is 373 g/mol. The lowest BCUT2D eigenvalue weighted by Crippen LogP contribution is -2.25. The summed E-state index contributed by atoms with van der Waals surface area (Å²) < 4.78 is 17.0. The van der Waals surface area contributed by atoms with E-state index in [-0.39, 0.29) is 12.4 Å². The van der Waals surface area contributed by atoms with E-state index in [4.69, 9.17) is 25.8 Å². The Morgan fingerprint density at radius 2 is 2.00 bits per heavy atom. The van der Waals surface area contributed by atoms with Crippen LogP contribution in [0.15, 0.2) is 42.5 Å². The third-order valence-corrected chi connectivity index (χ3v) is 4.52. The van der Waals surface area contributed by atoms with Crippen molar-refractivity contribution in [3.8, 4) is 11.5 Å². The number of methoxy groups -OCH3 is 1. The van der Waals surface area contributed by atoms with Crippen molar-refractivity contribution >= 4 is 24.0 Å². The Hall–Kier alpha value is -1.46. The molecule has 0 spiro atoms. The molecule has 142 valence electrons. The zero-order valence-electron chi connectivity index (χ0n) is 14.9. The molecule has 1 fully saturated rings. The second kappa shape index (κ2) is 10.6. The number of benzene rings is 2. The Balaban J connectivity index is 0.00000243. The summed E-state index contributed by atoms with van der Waals surface area (Å²) in [6.45, 7) is 2.90. The van der Waals surface area contributed by atoms with E-state index in [0.29, 0.717) is 29.2 Å². The summed E-state index contributed by atoms with van der Waals surface area (Å²) in [5, 5.41) is 3.98. The van der Waals surface area contributed by atoms with E-state index in [1.54, 1.807) is 7.11 Å². The van der Waals surface area contributed by atoms with E-state index in [2.05, 4.69) is 5.32 Å². The predicted octanol–water partition coefficient (Wildman–Crippen LogP) is 4.62. The standard InChI is InChI=1S/C20H24ClNO3.ClH/c1-23-19-11-16(12-22-13-17-8-5-9-24-17)10-18(21)20(19)25-14-15-6-3-2-4-7-15;/h2-4,6-7,10-11,17,22H,5,8-9,12-14H2,1H3;1H. The maximum Gasteiger partial charge on any atom is 0.180 e. The van der Waals surface area contributed by atoms with Gasteiger partial charge in [-0.05, 0) is 36.1 Å². The third kappa shape index (κ3) is 5.78. The molecule has 1 aliphatic rings. The van der Waals surface area contributed by atoms with Crippen LogP contribution in [-0.2, 0) is 17.9 Å².